The average Bonchev–Trinajstić information content (AvgIpc) is 3.21. The van der Waals surface area contributed by atoms with E-state index in [9.17, 15) is 4.79 Å². The van der Waals surface area contributed by atoms with Crippen molar-refractivity contribution >= 4 is 6.09 Å². The van der Waals surface area contributed by atoms with Crippen molar-refractivity contribution in [1.82, 2.24) is 5.32 Å². The highest BCUT2D eigenvalue weighted by Crippen LogP contribution is 2.67. The zero-order valence-electron chi connectivity index (χ0n) is 25.2. The number of hydrogen-bond donors (Lipinski definition) is 1. The van der Waals surface area contributed by atoms with Gasteiger partial charge in [0, 0.05) is 13.0 Å². The van der Waals surface area contributed by atoms with Crippen LogP contribution in [-0.4, -0.2) is 18.7 Å². The van der Waals surface area contributed by atoms with Crippen LogP contribution in [0.2, 0.25) is 0 Å². The molecule has 4 aliphatic carbocycles. The monoisotopic (exact) mass is 513 g/mol. The Morgan fingerprint density at radius 3 is 2.57 bits per heavy atom. The van der Waals surface area contributed by atoms with Gasteiger partial charge in [0.2, 0.25) is 0 Å². The molecule has 0 unspecified atom stereocenters. The number of allylic oxidation sites excluding steroid dienone is 1. The molecule has 0 aromatic heterocycles. The normalized spacial score (nSPS) is 37.8. The van der Waals surface area contributed by atoms with Crippen molar-refractivity contribution in [2.45, 2.75) is 144 Å². The minimum Gasteiger partial charge on any atom is -0.446 e. The van der Waals surface area contributed by atoms with Crippen LogP contribution in [0.15, 0.2) is 11.6 Å². The van der Waals surface area contributed by atoms with Crippen LogP contribution in [0.4, 0.5) is 4.79 Å². The van der Waals surface area contributed by atoms with Gasteiger partial charge in [0.25, 0.3) is 0 Å². The first-order chi connectivity index (χ1) is 17.7. The fourth-order valence-electron chi connectivity index (χ4n) is 9.69. The summed E-state index contributed by atoms with van der Waals surface area (Å²) in [5, 5.41) is 3.00. The van der Waals surface area contributed by atoms with Gasteiger partial charge in [0.15, 0.2) is 0 Å². The Labute approximate surface area is 229 Å². The fourth-order valence-corrected chi connectivity index (χ4v) is 9.69. The Balaban J connectivity index is 1.34. The van der Waals surface area contributed by atoms with Crippen LogP contribution in [0.5, 0.6) is 0 Å². The van der Waals surface area contributed by atoms with E-state index in [0.29, 0.717) is 10.8 Å². The first-order valence-electron chi connectivity index (χ1n) is 16.3. The van der Waals surface area contributed by atoms with Crippen molar-refractivity contribution in [2.75, 3.05) is 6.54 Å². The Hall–Kier alpha value is -0.990. The summed E-state index contributed by atoms with van der Waals surface area (Å²) in [6.45, 7) is 15.5. The quantitative estimate of drug-likeness (QED) is 0.220. The van der Waals surface area contributed by atoms with Crippen LogP contribution >= 0.6 is 0 Å². The molecule has 3 heteroatoms. The van der Waals surface area contributed by atoms with E-state index >= 15 is 0 Å². The third kappa shape index (κ3) is 6.27. The molecule has 1 N–H and O–H groups in total. The Morgan fingerprint density at radius 2 is 1.81 bits per heavy atom. The standard InChI is InChI=1S/C34H59NO2/c1-7-8-9-10-22-35-32(36)37-27-18-20-33(5)26(23-27)14-15-28-30-17-16-29(25(4)13-11-12-24(2)3)34(30,6)21-19-31(28)33/h14,24-25,27-31H,7-13,15-23H2,1-6H3,(H,35,36)/t25-,27+,28+,29-,30+,31+,33+,34-/m1/s1. The second kappa shape index (κ2) is 12.5. The lowest BCUT2D eigenvalue weighted by Gasteiger charge is -2.58. The molecule has 0 bridgehead atoms. The Bertz CT molecular complexity index is 789. The van der Waals surface area contributed by atoms with Crippen LogP contribution in [0.3, 0.4) is 0 Å². The van der Waals surface area contributed by atoms with Gasteiger partial charge in [-0.2, -0.15) is 0 Å². The molecular formula is C34H59NO2. The fraction of sp³-hybridized carbons (Fsp3) is 0.912. The molecular weight excluding hydrogens is 454 g/mol. The van der Waals surface area contributed by atoms with E-state index in [2.05, 4.69) is 52.9 Å². The average molecular weight is 514 g/mol. The van der Waals surface area contributed by atoms with Gasteiger partial charge in [0.1, 0.15) is 6.10 Å². The van der Waals surface area contributed by atoms with Crippen molar-refractivity contribution < 1.29 is 9.53 Å². The highest BCUT2D eigenvalue weighted by molar-refractivity contribution is 5.67. The lowest BCUT2D eigenvalue weighted by molar-refractivity contribution is -0.0581. The minimum atomic E-state index is -0.202. The van der Waals surface area contributed by atoms with E-state index in [-0.39, 0.29) is 12.2 Å². The van der Waals surface area contributed by atoms with Gasteiger partial charge in [-0.05, 0) is 97.7 Å². The summed E-state index contributed by atoms with van der Waals surface area (Å²) in [6.07, 6.45) is 21.6. The number of ether oxygens (including phenoxy) is 1. The molecule has 0 saturated heterocycles. The van der Waals surface area contributed by atoms with Crippen molar-refractivity contribution in [3.05, 3.63) is 11.6 Å². The Morgan fingerprint density at radius 1 is 1.00 bits per heavy atom. The van der Waals surface area contributed by atoms with Crippen molar-refractivity contribution in [1.29, 1.82) is 0 Å². The van der Waals surface area contributed by atoms with Crippen LogP contribution in [0.1, 0.15) is 138 Å². The van der Waals surface area contributed by atoms with E-state index in [1.54, 1.807) is 5.57 Å². The molecule has 4 aliphatic rings. The molecule has 3 nitrogen and oxygen atoms in total. The maximum absolute atomic E-state index is 12.4. The van der Waals surface area contributed by atoms with Crippen LogP contribution in [0.25, 0.3) is 0 Å². The topological polar surface area (TPSA) is 38.3 Å². The highest BCUT2D eigenvalue weighted by Gasteiger charge is 2.59. The molecule has 3 fully saturated rings. The van der Waals surface area contributed by atoms with E-state index in [4.69, 9.17) is 4.74 Å². The first kappa shape index (κ1) is 29.0. The summed E-state index contributed by atoms with van der Waals surface area (Å²) in [4.78, 5) is 12.4. The van der Waals surface area contributed by atoms with Gasteiger partial charge in [-0.25, -0.2) is 4.79 Å². The number of amides is 1. The number of fused-ring (bicyclic) bond motifs is 5. The second-order valence-electron chi connectivity index (χ2n) is 14.5. The predicted octanol–water partition coefficient (Wildman–Crippen LogP) is 9.70. The summed E-state index contributed by atoms with van der Waals surface area (Å²) >= 11 is 0. The van der Waals surface area contributed by atoms with E-state index in [1.807, 2.05) is 0 Å². The number of unbranched alkanes of at least 4 members (excludes halogenated alkanes) is 3. The van der Waals surface area contributed by atoms with E-state index in [1.165, 1.54) is 77.0 Å². The summed E-state index contributed by atoms with van der Waals surface area (Å²) in [6, 6.07) is 0. The van der Waals surface area contributed by atoms with Crippen LogP contribution < -0.4 is 5.32 Å². The van der Waals surface area contributed by atoms with Gasteiger partial charge < -0.3 is 10.1 Å². The molecule has 212 valence electrons. The van der Waals surface area contributed by atoms with Crippen molar-refractivity contribution in [3.8, 4) is 0 Å². The number of hydrogen-bond acceptors (Lipinski definition) is 2. The van der Waals surface area contributed by atoms with Crippen molar-refractivity contribution in [3.63, 3.8) is 0 Å². The SMILES string of the molecule is CCCCCCNC(=O)O[C@H]1CC[C@@]2(C)C(=CC[C@H]3[C@@H]4CC[C@H]([C@H](C)CCCC(C)C)[C@@]4(C)CC[C@@H]32)C1. The molecule has 0 aromatic rings. The molecule has 37 heavy (non-hydrogen) atoms. The van der Waals surface area contributed by atoms with Crippen molar-refractivity contribution in [2.24, 2.45) is 46.3 Å². The van der Waals surface area contributed by atoms with Gasteiger partial charge in [-0.3, -0.25) is 0 Å². The molecule has 0 aromatic carbocycles. The summed E-state index contributed by atoms with van der Waals surface area (Å²) in [5.41, 5.74) is 2.48. The third-order valence-electron chi connectivity index (χ3n) is 11.8. The lowest BCUT2D eigenvalue weighted by Crippen LogP contribution is -2.51. The molecule has 3 saturated carbocycles. The molecule has 0 heterocycles. The van der Waals surface area contributed by atoms with E-state index < -0.39 is 0 Å². The van der Waals surface area contributed by atoms with Gasteiger partial charge in [-0.15, -0.1) is 0 Å². The molecule has 0 spiro atoms. The number of rotatable bonds is 11. The summed E-state index contributed by atoms with van der Waals surface area (Å²) in [5.74, 6) is 5.24. The number of alkyl carbamates (subject to hydrolysis) is 1. The zero-order chi connectivity index (χ0) is 26.6. The highest BCUT2D eigenvalue weighted by atomic mass is 16.6. The number of carbonyl (C=O) groups is 1. The lowest BCUT2D eigenvalue weighted by atomic mass is 9.47. The molecule has 0 radical (unpaired) electrons. The zero-order valence-corrected chi connectivity index (χ0v) is 25.2. The summed E-state index contributed by atoms with van der Waals surface area (Å²) in [7, 11) is 0. The van der Waals surface area contributed by atoms with Crippen LogP contribution in [-0.2, 0) is 4.74 Å². The molecule has 4 rings (SSSR count). The van der Waals surface area contributed by atoms with Gasteiger partial charge >= 0.3 is 6.09 Å². The van der Waals surface area contributed by atoms with E-state index in [0.717, 1.165) is 61.3 Å². The maximum atomic E-state index is 12.4. The third-order valence-corrected chi connectivity index (χ3v) is 11.8. The van der Waals surface area contributed by atoms with Gasteiger partial charge in [0.05, 0.1) is 0 Å². The number of nitrogens with one attached hydrogen (secondary N) is 1. The number of carbonyl (C=O) groups excluding carboxylic acids is 1. The van der Waals surface area contributed by atoms with Gasteiger partial charge in [-0.1, -0.05) is 91.7 Å². The van der Waals surface area contributed by atoms with Crippen LogP contribution in [0, 0.1) is 46.3 Å². The predicted molar refractivity (Wildman–Crippen MR) is 155 cm³/mol. The summed E-state index contributed by atoms with van der Waals surface area (Å²) < 4.78 is 5.91. The second-order valence-corrected chi connectivity index (χ2v) is 14.5. The smallest absolute Gasteiger partial charge is 0.407 e. The first-order valence-corrected chi connectivity index (χ1v) is 16.3. The Kier molecular flexibility index (Phi) is 9.77. The molecule has 8 atom stereocenters. The maximum Gasteiger partial charge on any atom is 0.407 e. The largest absolute Gasteiger partial charge is 0.446 e. The minimum absolute atomic E-state index is 0.0583. The molecule has 1 amide bonds. The molecule has 0 aliphatic heterocycles.